The number of carbonyl (C=O) groups excluding carboxylic acids is 2. The molecule has 6 nitrogen and oxygen atoms in total. The van der Waals surface area contributed by atoms with Crippen molar-refractivity contribution in [3.05, 3.63) is 42.1 Å². The molecule has 1 N–H and O–H groups in total. The van der Waals surface area contributed by atoms with E-state index in [2.05, 4.69) is 15.2 Å². The highest BCUT2D eigenvalue weighted by molar-refractivity contribution is 6.01. The summed E-state index contributed by atoms with van der Waals surface area (Å²) in [6, 6.07) is 8.77. The van der Waals surface area contributed by atoms with E-state index in [9.17, 15) is 9.59 Å². The molecule has 1 aromatic heterocycles. The first-order valence-electron chi connectivity index (χ1n) is 6.50. The second-order valence-corrected chi connectivity index (χ2v) is 4.61. The highest BCUT2D eigenvalue weighted by Gasteiger charge is 2.21. The zero-order chi connectivity index (χ0) is 15.4. The number of aryl methyl sites for hydroxylation is 1. The maximum atomic E-state index is 12.3. The van der Waals surface area contributed by atoms with E-state index in [0.717, 1.165) is 5.56 Å². The summed E-state index contributed by atoms with van der Waals surface area (Å²) in [7, 11) is 3.05. The lowest BCUT2D eigenvalue weighted by Crippen LogP contribution is -2.39. The Hall–Kier alpha value is -2.63. The summed E-state index contributed by atoms with van der Waals surface area (Å²) < 4.78 is 6.23. The van der Waals surface area contributed by atoms with Crippen LogP contribution in [0.25, 0.3) is 11.3 Å². The summed E-state index contributed by atoms with van der Waals surface area (Å²) >= 11 is 0. The fourth-order valence-electron chi connectivity index (χ4n) is 2.05. The number of amides is 1. The van der Waals surface area contributed by atoms with E-state index in [1.54, 1.807) is 18.7 Å². The summed E-state index contributed by atoms with van der Waals surface area (Å²) in [6.45, 7) is 1.57. The third kappa shape index (κ3) is 3.10. The van der Waals surface area contributed by atoms with Crippen molar-refractivity contribution >= 4 is 11.9 Å². The van der Waals surface area contributed by atoms with Gasteiger partial charge in [0.15, 0.2) is 0 Å². The third-order valence-corrected chi connectivity index (χ3v) is 3.13. The van der Waals surface area contributed by atoms with Crippen LogP contribution < -0.4 is 5.32 Å². The van der Waals surface area contributed by atoms with Gasteiger partial charge in [-0.15, -0.1) is 0 Å². The van der Waals surface area contributed by atoms with Crippen molar-refractivity contribution in [3.63, 3.8) is 0 Å². The molecule has 0 spiro atoms. The van der Waals surface area contributed by atoms with E-state index in [1.807, 2.05) is 30.3 Å². The zero-order valence-electron chi connectivity index (χ0n) is 12.2. The van der Waals surface area contributed by atoms with Crippen LogP contribution in [0, 0.1) is 0 Å². The summed E-state index contributed by atoms with van der Waals surface area (Å²) in [5.41, 5.74) is 2.00. The van der Waals surface area contributed by atoms with Crippen LogP contribution in [-0.2, 0) is 16.6 Å². The Morgan fingerprint density at radius 1 is 1.29 bits per heavy atom. The van der Waals surface area contributed by atoms with Crippen molar-refractivity contribution in [2.45, 2.75) is 13.0 Å². The quantitative estimate of drug-likeness (QED) is 0.862. The van der Waals surface area contributed by atoms with Crippen LogP contribution in [0.15, 0.2) is 36.5 Å². The van der Waals surface area contributed by atoms with Crippen LogP contribution in [0.3, 0.4) is 0 Å². The maximum Gasteiger partial charge on any atom is 0.328 e. The SMILES string of the molecule is COC(=O)[C@H](C)NC(=O)c1cnn(C)c1-c1ccccc1. The molecule has 0 aliphatic rings. The van der Waals surface area contributed by atoms with Crippen LogP contribution in [0.5, 0.6) is 0 Å². The minimum atomic E-state index is -0.716. The Morgan fingerprint density at radius 2 is 1.95 bits per heavy atom. The van der Waals surface area contributed by atoms with Gasteiger partial charge >= 0.3 is 5.97 Å². The van der Waals surface area contributed by atoms with Gasteiger partial charge < -0.3 is 10.1 Å². The molecule has 0 saturated heterocycles. The lowest BCUT2D eigenvalue weighted by atomic mass is 10.1. The number of methoxy groups -OCH3 is 1. The summed E-state index contributed by atoms with van der Waals surface area (Å²) in [5.74, 6) is -0.853. The molecule has 1 aromatic carbocycles. The summed E-state index contributed by atoms with van der Waals surface area (Å²) in [6.07, 6.45) is 1.49. The Morgan fingerprint density at radius 3 is 2.57 bits per heavy atom. The molecule has 110 valence electrons. The lowest BCUT2D eigenvalue weighted by molar-refractivity contribution is -0.142. The van der Waals surface area contributed by atoms with Gasteiger partial charge in [0.2, 0.25) is 0 Å². The number of rotatable bonds is 4. The minimum Gasteiger partial charge on any atom is -0.467 e. The monoisotopic (exact) mass is 287 g/mol. The molecule has 2 rings (SSSR count). The number of ether oxygens (including phenoxy) is 1. The normalized spacial score (nSPS) is 11.8. The molecule has 1 amide bonds. The number of hydrogen-bond donors (Lipinski definition) is 1. The first-order chi connectivity index (χ1) is 10.0. The average Bonchev–Trinajstić information content (AvgIpc) is 2.89. The van der Waals surface area contributed by atoms with E-state index >= 15 is 0 Å². The van der Waals surface area contributed by atoms with Crippen LogP contribution >= 0.6 is 0 Å². The Kier molecular flexibility index (Phi) is 4.37. The molecule has 0 aliphatic heterocycles. The van der Waals surface area contributed by atoms with Crippen molar-refractivity contribution < 1.29 is 14.3 Å². The van der Waals surface area contributed by atoms with Crippen LogP contribution in [-0.4, -0.2) is 34.8 Å². The van der Waals surface area contributed by atoms with Crippen molar-refractivity contribution in [1.82, 2.24) is 15.1 Å². The van der Waals surface area contributed by atoms with Gasteiger partial charge in [-0.3, -0.25) is 9.48 Å². The van der Waals surface area contributed by atoms with Gasteiger partial charge in [-0.25, -0.2) is 4.79 Å². The average molecular weight is 287 g/mol. The largest absolute Gasteiger partial charge is 0.467 e. The summed E-state index contributed by atoms with van der Waals surface area (Å²) in [4.78, 5) is 23.7. The van der Waals surface area contributed by atoms with Crippen molar-refractivity contribution in [2.24, 2.45) is 7.05 Å². The fraction of sp³-hybridized carbons (Fsp3) is 0.267. The van der Waals surface area contributed by atoms with Gasteiger partial charge in [0.05, 0.1) is 24.6 Å². The number of hydrogen-bond acceptors (Lipinski definition) is 4. The van der Waals surface area contributed by atoms with E-state index in [1.165, 1.54) is 13.3 Å². The molecule has 1 atom stereocenters. The van der Waals surface area contributed by atoms with Gasteiger partial charge in [-0.2, -0.15) is 5.10 Å². The van der Waals surface area contributed by atoms with E-state index in [4.69, 9.17) is 0 Å². The van der Waals surface area contributed by atoms with Gasteiger partial charge in [-0.1, -0.05) is 30.3 Å². The fourth-order valence-corrected chi connectivity index (χ4v) is 2.05. The van der Waals surface area contributed by atoms with E-state index < -0.39 is 12.0 Å². The zero-order valence-corrected chi connectivity index (χ0v) is 12.2. The molecule has 0 unspecified atom stereocenters. The first-order valence-corrected chi connectivity index (χ1v) is 6.50. The Bertz CT molecular complexity index is 649. The number of esters is 1. The smallest absolute Gasteiger partial charge is 0.328 e. The van der Waals surface area contributed by atoms with Crippen LogP contribution in [0.4, 0.5) is 0 Å². The van der Waals surface area contributed by atoms with Gasteiger partial charge in [-0.05, 0) is 6.92 Å². The molecular formula is C15H17N3O3. The minimum absolute atomic E-state index is 0.361. The van der Waals surface area contributed by atoms with E-state index in [0.29, 0.717) is 11.3 Å². The van der Waals surface area contributed by atoms with Gasteiger partial charge in [0.1, 0.15) is 6.04 Å². The number of nitrogens with zero attached hydrogens (tertiary/aromatic N) is 2. The Labute approximate surface area is 122 Å². The standard InChI is InChI=1S/C15H17N3O3/c1-10(15(20)21-3)17-14(19)12-9-16-18(2)13(12)11-7-5-4-6-8-11/h4-10H,1-3H3,(H,17,19)/t10-/m0/s1. The molecule has 21 heavy (non-hydrogen) atoms. The van der Waals surface area contributed by atoms with Gasteiger partial charge in [0, 0.05) is 12.6 Å². The van der Waals surface area contributed by atoms with Gasteiger partial charge in [0.25, 0.3) is 5.91 Å². The summed E-state index contributed by atoms with van der Waals surface area (Å²) in [5, 5.41) is 6.73. The van der Waals surface area contributed by atoms with Crippen LogP contribution in [0.1, 0.15) is 17.3 Å². The molecule has 1 heterocycles. The van der Waals surface area contributed by atoms with Crippen molar-refractivity contribution in [3.8, 4) is 11.3 Å². The molecular weight excluding hydrogens is 270 g/mol. The second-order valence-electron chi connectivity index (χ2n) is 4.61. The molecule has 0 radical (unpaired) electrons. The molecule has 0 saturated carbocycles. The molecule has 0 aliphatic carbocycles. The predicted molar refractivity (Wildman–Crippen MR) is 77.6 cm³/mol. The molecule has 6 heteroatoms. The topological polar surface area (TPSA) is 73.2 Å². The highest BCUT2D eigenvalue weighted by Crippen LogP contribution is 2.22. The molecule has 0 fully saturated rings. The number of aromatic nitrogens is 2. The predicted octanol–water partition coefficient (Wildman–Crippen LogP) is 1.38. The second kappa shape index (κ2) is 6.21. The maximum absolute atomic E-state index is 12.3. The molecule has 0 bridgehead atoms. The Balaban J connectivity index is 2.29. The van der Waals surface area contributed by atoms with Crippen molar-refractivity contribution in [1.29, 1.82) is 0 Å². The first kappa shape index (κ1) is 14.8. The van der Waals surface area contributed by atoms with Crippen molar-refractivity contribution in [2.75, 3.05) is 7.11 Å². The number of carbonyl (C=O) groups is 2. The lowest BCUT2D eigenvalue weighted by Gasteiger charge is -2.12. The highest BCUT2D eigenvalue weighted by atomic mass is 16.5. The van der Waals surface area contributed by atoms with Crippen LogP contribution in [0.2, 0.25) is 0 Å². The van der Waals surface area contributed by atoms with E-state index in [-0.39, 0.29) is 5.91 Å². The number of benzene rings is 1. The molecule has 2 aromatic rings. The third-order valence-electron chi connectivity index (χ3n) is 3.13. The number of nitrogens with one attached hydrogen (secondary N) is 1.